The molecule has 94 valence electrons. The Kier molecular flexibility index (Phi) is 5.71. The lowest BCUT2D eigenvalue weighted by Crippen LogP contribution is -2.36. The molecule has 0 saturated carbocycles. The van der Waals surface area contributed by atoms with Crippen molar-refractivity contribution in [2.75, 3.05) is 20.1 Å². The van der Waals surface area contributed by atoms with E-state index >= 15 is 0 Å². The molecule has 0 fully saturated rings. The van der Waals surface area contributed by atoms with Gasteiger partial charge in [-0.2, -0.15) is 10.2 Å². The first-order chi connectivity index (χ1) is 8.09. The van der Waals surface area contributed by atoms with Crippen LogP contribution >= 0.6 is 12.8 Å². The molecule has 17 heavy (non-hydrogen) atoms. The number of hydrogen-bond acceptors (Lipinski definition) is 5. The third-order valence-corrected chi connectivity index (χ3v) is 2.22. The summed E-state index contributed by atoms with van der Waals surface area (Å²) < 4.78 is 1.20. The Hall–Kier alpha value is -1.34. The summed E-state index contributed by atoms with van der Waals surface area (Å²) in [5, 5.41) is 13.6. The van der Waals surface area contributed by atoms with Crippen LogP contribution in [0.2, 0.25) is 0 Å². The second-order valence-corrected chi connectivity index (χ2v) is 4.24. The standard InChI is InChI=1S/C10H17N5OS/c1-8-5-9(7-13-14-8)6-11-3-4-12-10(16)15(2)17/h5,7,11,17H,3-4,6H2,1-2H3,(H,12,16). The highest BCUT2D eigenvalue weighted by atomic mass is 32.1. The van der Waals surface area contributed by atoms with Gasteiger partial charge in [-0.3, -0.25) is 4.31 Å². The number of carbonyl (C=O) groups is 1. The summed E-state index contributed by atoms with van der Waals surface area (Å²) in [6.07, 6.45) is 1.72. The Morgan fingerprint density at radius 3 is 2.94 bits per heavy atom. The highest BCUT2D eigenvalue weighted by Crippen LogP contribution is 1.97. The first-order valence-electron chi connectivity index (χ1n) is 5.29. The number of carbonyl (C=O) groups excluding carboxylic acids is 1. The lowest BCUT2D eigenvalue weighted by atomic mass is 10.2. The van der Waals surface area contributed by atoms with Gasteiger partial charge in [0.2, 0.25) is 0 Å². The number of rotatable bonds is 5. The van der Waals surface area contributed by atoms with E-state index in [-0.39, 0.29) is 6.03 Å². The largest absolute Gasteiger partial charge is 0.336 e. The number of amides is 2. The van der Waals surface area contributed by atoms with E-state index < -0.39 is 0 Å². The van der Waals surface area contributed by atoms with Crippen LogP contribution < -0.4 is 10.6 Å². The van der Waals surface area contributed by atoms with Crippen LogP contribution in [-0.2, 0) is 6.54 Å². The van der Waals surface area contributed by atoms with Gasteiger partial charge in [-0.1, -0.05) is 12.8 Å². The van der Waals surface area contributed by atoms with Crippen LogP contribution in [0.1, 0.15) is 11.3 Å². The summed E-state index contributed by atoms with van der Waals surface area (Å²) >= 11 is 3.87. The highest BCUT2D eigenvalue weighted by Gasteiger charge is 2.01. The van der Waals surface area contributed by atoms with Crippen molar-refractivity contribution in [2.24, 2.45) is 0 Å². The topological polar surface area (TPSA) is 70.2 Å². The van der Waals surface area contributed by atoms with Crippen LogP contribution in [0.25, 0.3) is 0 Å². The third kappa shape index (κ3) is 5.50. The van der Waals surface area contributed by atoms with Crippen molar-refractivity contribution in [1.29, 1.82) is 0 Å². The number of aromatic nitrogens is 2. The van der Waals surface area contributed by atoms with E-state index in [2.05, 4.69) is 33.6 Å². The molecule has 0 bridgehead atoms. The minimum atomic E-state index is -0.212. The first kappa shape index (κ1) is 13.7. The average Bonchev–Trinajstić information content (AvgIpc) is 2.28. The molecule has 0 spiro atoms. The molecule has 0 aromatic carbocycles. The Balaban J connectivity index is 2.14. The molecule has 1 heterocycles. The molecular weight excluding hydrogens is 238 g/mol. The van der Waals surface area contributed by atoms with Crippen molar-refractivity contribution in [2.45, 2.75) is 13.5 Å². The van der Waals surface area contributed by atoms with E-state index in [1.807, 2.05) is 13.0 Å². The Bertz CT molecular complexity index is 371. The molecule has 0 atom stereocenters. The van der Waals surface area contributed by atoms with Gasteiger partial charge in [0.25, 0.3) is 0 Å². The quantitative estimate of drug-likeness (QED) is 0.525. The predicted molar refractivity (Wildman–Crippen MR) is 68.6 cm³/mol. The molecule has 0 aliphatic carbocycles. The van der Waals surface area contributed by atoms with Crippen molar-refractivity contribution >= 4 is 18.8 Å². The summed E-state index contributed by atoms with van der Waals surface area (Å²) in [6.45, 7) is 3.86. The maximum absolute atomic E-state index is 11.1. The molecule has 0 aliphatic heterocycles. The minimum Gasteiger partial charge on any atom is -0.336 e. The van der Waals surface area contributed by atoms with Gasteiger partial charge in [0, 0.05) is 26.7 Å². The minimum absolute atomic E-state index is 0.212. The second kappa shape index (κ2) is 7.08. The molecule has 0 unspecified atom stereocenters. The second-order valence-electron chi connectivity index (χ2n) is 3.64. The number of aryl methyl sites for hydroxylation is 1. The fourth-order valence-corrected chi connectivity index (χ4v) is 1.30. The summed E-state index contributed by atoms with van der Waals surface area (Å²) in [6, 6.07) is 1.76. The molecular formula is C10H17N5OS. The molecule has 0 aliphatic rings. The van der Waals surface area contributed by atoms with Crippen LogP contribution in [0.4, 0.5) is 4.79 Å². The molecule has 1 aromatic rings. The molecule has 0 radical (unpaired) electrons. The van der Waals surface area contributed by atoms with Crippen LogP contribution in [0.15, 0.2) is 12.3 Å². The third-order valence-electron chi connectivity index (χ3n) is 2.03. The van der Waals surface area contributed by atoms with Gasteiger partial charge in [-0.25, -0.2) is 4.79 Å². The summed E-state index contributed by atoms with van der Waals surface area (Å²) in [7, 11) is 1.58. The van der Waals surface area contributed by atoms with Crippen molar-refractivity contribution in [3.63, 3.8) is 0 Å². The Labute approximate surface area is 106 Å². The van der Waals surface area contributed by atoms with Crippen LogP contribution in [0.3, 0.4) is 0 Å². The van der Waals surface area contributed by atoms with Gasteiger partial charge in [0.15, 0.2) is 0 Å². The van der Waals surface area contributed by atoms with Gasteiger partial charge in [0.1, 0.15) is 0 Å². The zero-order valence-corrected chi connectivity index (χ0v) is 10.9. The van der Waals surface area contributed by atoms with Crippen molar-refractivity contribution in [1.82, 2.24) is 25.1 Å². The van der Waals surface area contributed by atoms with Crippen LogP contribution in [-0.4, -0.2) is 40.7 Å². The number of thiol groups is 1. The number of nitrogens with zero attached hydrogens (tertiary/aromatic N) is 3. The van der Waals surface area contributed by atoms with Crippen molar-refractivity contribution in [3.8, 4) is 0 Å². The lowest BCUT2D eigenvalue weighted by Gasteiger charge is -2.11. The van der Waals surface area contributed by atoms with Crippen molar-refractivity contribution < 1.29 is 4.79 Å². The average molecular weight is 255 g/mol. The number of hydrogen-bond donors (Lipinski definition) is 3. The fourth-order valence-electron chi connectivity index (χ4n) is 1.23. The van der Waals surface area contributed by atoms with E-state index in [0.29, 0.717) is 19.6 Å². The van der Waals surface area contributed by atoms with Gasteiger partial charge < -0.3 is 10.6 Å². The van der Waals surface area contributed by atoms with Gasteiger partial charge in [0.05, 0.1) is 11.9 Å². The van der Waals surface area contributed by atoms with Gasteiger partial charge in [-0.15, -0.1) is 0 Å². The Morgan fingerprint density at radius 1 is 1.53 bits per heavy atom. The molecule has 0 saturated heterocycles. The van der Waals surface area contributed by atoms with Gasteiger partial charge >= 0.3 is 6.03 Å². The number of urea groups is 1. The first-order valence-corrected chi connectivity index (χ1v) is 5.69. The summed E-state index contributed by atoms with van der Waals surface area (Å²) in [4.78, 5) is 11.1. The zero-order chi connectivity index (χ0) is 12.7. The molecule has 6 nitrogen and oxygen atoms in total. The maximum Gasteiger partial charge on any atom is 0.326 e. The highest BCUT2D eigenvalue weighted by molar-refractivity contribution is 7.78. The summed E-state index contributed by atoms with van der Waals surface area (Å²) in [5.74, 6) is 0. The molecule has 2 amide bonds. The molecule has 2 N–H and O–H groups in total. The number of nitrogens with one attached hydrogen (secondary N) is 2. The van der Waals surface area contributed by atoms with E-state index in [1.165, 1.54) is 4.31 Å². The van der Waals surface area contributed by atoms with Crippen LogP contribution in [0.5, 0.6) is 0 Å². The maximum atomic E-state index is 11.1. The van der Waals surface area contributed by atoms with E-state index in [1.54, 1.807) is 13.2 Å². The lowest BCUT2D eigenvalue weighted by molar-refractivity contribution is 0.231. The fraction of sp³-hybridized carbons (Fsp3) is 0.500. The molecule has 1 rings (SSSR count). The normalized spacial score (nSPS) is 10.1. The monoisotopic (exact) mass is 255 g/mol. The van der Waals surface area contributed by atoms with Gasteiger partial charge in [-0.05, 0) is 18.6 Å². The smallest absolute Gasteiger partial charge is 0.326 e. The molecule has 7 heteroatoms. The van der Waals surface area contributed by atoms with E-state index in [0.717, 1.165) is 11.3 Å². The summed E-state index contributed by atoms with van der Waals surface area (Å²) in [5.41, 5.74) is 1.98. The molecule has 1 aromatic heterocycles. The Morgan fingerprint density at radius 2 is 2.29 bits per heavy atom. The predicted octanol–water partition coefficient (Wildman–Crippen LogP) is 0.361. The zero-order valence-electron chi connectivity index (χ0n) is 9.97. The van der Waals surface area contributed by atoms with E-state index in [4.69, 9.17) is 0 Å². The van der Waals surface area contributed by atoms with Crippen molar-refractivity contribution in [3.05, 3.63) is 23.5 Å². The van der Waals surface area contributed by atoms with E-state index in [9.17, 15) is 4.79 Å². The van der Waals surface area contributed by atoms with Crippen LogP contribution in [0, 0.1) is 6.92 Å². The SMILES string of the molecule is Cc1cc(CNCCNC(=O)N(C)S)cnn1.